The van der Waals surface area contributed by atoms with Crippen molar-refractivity contribution in [2.75, 3.05) is 0 Å². The molecule has 0 saturated heterocycles. The van der Waals surface area contributed by atoms with E-state index in [9.17, 15) is 14.9 Å². The van der Waals surface area contributed by atoms with Gasteiger partial charge in [0, 0.05) is 18.1 Å². The van der Waals surface area contributed by atoms with Crippen LogP contribution in [0.25, 0.3) is 6.08 Å². The maximum absolute atomic E-state index is 12.6. The van der Waals surface area contributed by atoms with Crippen molar-refractivity contribution in [3.63, 3.8) is 0 Å². The third kappa shape index (κ3) is 3.38. The van der Waals surface area contributed by atoms with Crippen molar-refractivity contribution < 1.29 is 9.72 Å². The molecule has 0 heterocycles. The van der Waals surface area contributed by atoms with Crippen LogP contribution in [0.3, 0.4) is 0 Å². The molecule has 1 aliphatic rings. The first-order valence-corrected chi connectivity index (χ1v) is 7.40. The van der Waals surface area contributed by atoms with Crippen molar-refractivity contribution in [1.82, 2.24) is 0 Å². The molecule has 0 spiro atoms. The van der Waals surface area contributed by atoms with Gasteiger partial charge in [-0.05, 0) is 54.0 Å². The third-order valence-electron chi connectivity index (χ3n) is 4.29. The highest BCUT2D eigenvalue weighted by molar-refractivity contribution is 6.02. The molecule has 0 radical (unpaired) electrons. The molecule has 4 nitrogen and oxygen atoms in total. The maximum atomic E-state index is 12.6. The summed E-state index contributed by atoms with van der Waals surface area (Å²) in [4.78, 5) is 22.8. The van der Waals surface area contributed by atoms with Crippen LogP contribution < -0.4 is 0 Å². The molecule has 0 N–H and O–H groups in total. The molecule has 0 aliphatic heterocycles. The molecule has 0 bridgehead atoms. The van der Waals surface area contributed by atoms with Crippen LogP contribution in [-0.4, -0.2) is 10.7 Å². The zero-order valence-electron chi connectivity index (χ0n) is 12.7. The number of nitro benzene ring substituents is 1. The fourth-order valence-corrected chi connectivity index (χ4v) is 2.89. The molecule has 2 atom stereocenters. The van der Waals surface area contributed by atoms with Crippen LogP contribution in [0.4, 0.5) is 5.69 Å². The van der Waals surface area contributed by atoms with Crippen molar-refractivity contribution in [2.24, 2.45) is 17.8 Å². The molecule has 0 aromatic heterocycles. The summed E-state index contributed by atoms with van der Waals surface area (Å²) in [5.41, 5.74) is 1.77. The van der Waals surface area contributed by atoms with Crippen LogP contribution in [0.2, 0.25) is 0 Å². The minimum absolute atomic E-state index is 0.0697. The van der Waals surface area contributed by atoms with Crippen LogP contribution in [0.1, 0.15) is 39.2 Å². The Balaban J connectivity index is 2.28. The van der Waals surface area contributed by atoms with Crippen molar-refractivity contribution in [3.8, 4) is 0 Å². The minimum atomic E-state index is -0.417. The first-order chi connectivity index (χ1) is 9.90. The standard InChI is InChI=1S/C17H21NO3/c1-11(2)15-9-4-12(3)16(17(15)19)10-13-5-7-14(8-6-13)18(20)21/h5-8,10-12,15H,4,9H2,1-3H3. The molecule has 1 aromatic carbocycles. The number of nitrogens with zero attached hydrogens (tertiary/aromatic N) is 1. The lowest BCUT2D eigenvalue weighted by Gasteiger charge is -2.30. The summed E-state index contributed by atoms with van der Waals surface area (Å²) in [6.07, 6.45) is 3.87. The first-order valence-electron chi connectivity index (χ1n) is 7.40. The molecular weight excluding hydrogens is 266 g/mol. The van der Waals surface area contributed by atoms with E-state index >= 15 is 0 Å². The number of benzene rings is 1. The Morgan fingerprint density at radius 3 is 2.38 bits per heavy atom. The molecule has 1 aliphatic carbocycles. The van der Waals surface area contributed by atoms with Crippen LogP contribution in [0, 0.1) is 27.9 Å². The highest BCUT2D eigenvalue weighted by Crippen LogP contribution is 2.35. The van der Waals surface area contributed by atoms with Gasteiger partial charge in [0.1, 0.15) is 0 Å². The Morgan fingerprint density at radius 2 is 1.86 bits per heavy atom. The van der Waals surface area contributed by atoms with Crippen LogP contribution in [0.5, 0.6) is 0 Å². The van der Waals surface area contributed by atoms with E-state index in [0.717, 1.165) is 24.0 Å². The summed E-state index contributed by atoms with van der Waals surface area (Å²) < 4.78 is 0. The fraction of sp³-hybridized carbons (Fsp3) is 0.471. The third-order valence-corrected chi connectivity index (χ3v) is 4.29. The lowest BCUT2D eigenvalue weighted by atomic mass is 9.73. The van der Waals surface area contributed by atoms with Crippen LogP contribution >= 0.6 is 0 Å². The van der Waals surface area contributed by atoms with E-state index in [2.05, 4.69) is 20.8 Å². The van der Waals surface area contributed by atoms with Crippen LogP contribution in [-0.2, 0) is 4.79 Å². The van der Waals surface area contributed by atoms with Crippen molar-refractivity contribution >= 4 is 17.5 Å². The van der Waals surface area contributed by atoms with Gasteiger partial charge in [0.15, 0.2) is 5.78 Å². The van der Waals surface area contributed by atoms with Gasteiger partial charge in [-0.25, -0.2) is 0 Å². The molecule has 1 aromatic rings. The monoisotopic (exact) mass is 287 g/mol. The Labute approximate surface area is 125 Å². The highest BCUT2D eigenvalue weighted by Gasteiger charge is 2.32. The van der Waals surface area contributed by atoms with Gasteiger partial charge in [0.05, 0.1) is 4.92 Å². The largest absolute Gasteiger partial charge is 0.294 e. The molecule has 2 unspecified atom stereocenters. The summed E-state index contributed by atoms with van der Waals surface area (Å²) >= 11 is 0. The molecule has 21 heavy (non-hydrogen) atoms. The number of Topliss-reactive ketones (excluding diaryl/α,β-unsaturated/α-hetero) is 1. The summed E-state index contributed by atoms with van der Waals surface area (Å²) in [5, 5.41) is 10.7. The SMILES string of the molecule is CC1CCC(C(C)C)C(=O)C1=Cc1ccc([N+](=O)[O-])cc1. The van der Waals surface area contributed by atoms with Gasteiger partial charge in [0.2, 0.25) is 0 Å². The van der Waals surface area contributed by atoms with Gasteiger partial charge >= 0.3 is 0 Å². The minimum Gasteiger partial charge on any atom is -0.294 e. The van der Waals surface area contributed by atoms with Crippen molar-refractivity contribution in [1.29, 1.82) is 0 Å². The predicted octanol–water partition coefficient (Wildman–Crippen LogP) is 4.25. The smallest absolute Gasteiger partial charge is 0.269 e. The van der Waals surface area contributed by atoms with E-state index in [4.69, 9.17) is 0 Å². The Bertz CT molecular complexity index is 572. The number of hydrogen-bond donors (Lipinski definition) is 0. The number of nitro groups is 1. The van der Waals surface area contributed by atoms with Crippen LogP contribution in [0.15, 0.2) is 29.8 Å². The van der Waals surface area contributed by atoms with Crippen molar-refractivity contribution in [3.05, 3.63) is 45.5 Å². The van der Waals surface area contributed by atoms with Gasteiger partial charge in [-0.1, -0.05) is 20.8 Å². The number of allylic oxidation sites excluding steroid dienone is 1. The average Bonchev–Trinajstić information content (AvgIpc) is 2.43. The number of non-ortho nitro benzene ring substituents is 1. The number of carbonyl (C=O) groups is 1. The zero-order chi connectivity index (χ0) is 15.6. The second-order valence-corrected chi connectivity index (χ2v) is 6.14. The number of rotatable bonds is 3. The van der Waals surface area contributed by atoms with E-state index in [1.165, 1.54) is 12.1 Å². The molecule has 112 valence electrons. The Hall–Kier alpha value is -1.97. The van der Waals surface area contributed by atoms with E-state index < -0.39 is 4.92 Å². The van der Waals surface area contributed by atoms with Gasteiger partial charge in [-0.2, -0.15) is 0 Å². The molecule has 2 rings (SSSR count). The van der Waals surface area contributed by atoms with E-state index in [1.54, 1.807) is 12.1 Å². The van der Waals surface area contributed by atoms with E-state index in [-0.39, 0.29) is 23.3 Å². The van der Waals surface area contributed by atoms with Gasteiger partial charge < -0.3 is 0 Å². The quantitative estimate of drug-likeness (QED) is 0.474. The van der Waals surface area contributed by atoms with Crippen molar-refractivity contribution in [2.45, 2.75) is 33.6 Å². The summed E-state index contributed by atoms with van der Waals surface area (Å²) in [7, 11) is 0. The molecule has 1 saturated carbocycles. The predicted molar refractivity (Wildman–Crippen MR) is 82.8 cm³/mol. The maximum Gasteiger partial charge on any atom is 0.269 e. The topological polar surface area (TPSA) is 60.2 Å². The molecular formula is C17H21NO3. The second-order valence-electron chi connectivity index (χ2n) is 6.14. The van der Waals surface area contributed by atoms with Gasteiger partial charge in [-0.3, -0.25) is 14.9 Å². The fourth-order valence-electron chi connectivity index (χ4n) is 2.89. The van der Waals surface area contributed by atoms with Gasteiger partial charge in [-0.15, -0.1) is 0 Å². The highest BCUT2D eigenvalue weighted by atomic mass is 16.6. The van der Waals surface area contributed by atoms with E-state index in [1.807, 2.05) is 6.08 Å². The normalized spacial score (nSPS) is 24.6. The zero-order valence-corrected chi connectivity index (χ0v) is 12.7. The number of hydrogen-bond acceptors (Lipinski definition) is 3. The molecule has 4 heteroatoms. The molecule has 1 fully saturated rings. The molecule has 0 amide bonds. The van der Waals surface area contributed by atoms with Gasteiger partial charge in [0.25, 0.3) is 5.69 Å². The Kier molecular flexibility index (Phi) is 4.56. The summed E-state index contributed by atoms with van der Waals surface area (Å²) in [5.74, 6) is 0.945. The average molecular weight is 287 g/mol. The second kappa shape index (κ2) is 6.20. The summed E-state index contributed by atoms with van der Waals surface area (Å²) in [6.45, 7) is 6.25. The van der Waals surface area contributed by atoms with E-state index in [0.29, 0.717) is 5.92 Å². The Morgan fingerprint density at radius 1 is 1.24 bits per heavy atom. The number of carbonyl (C=O) groups excluding carboxylic acids is 1. The number of ketones is 1. The lowest BCUT2D eigenvalue weighted by Crippen LogP contribution is -2.30. The summed E-state index contributed by atoms with van der Waals surface area (Å²) in [6, 6.07) is 6.35. The first kappa shape index (κ1) is 15.4. The lowest BCUT2D eigenvalue weighted by molar-refractivity contribution is -0.384.